The zero-order valence-corrected chi connectivity index (χ0v) is 8.27. The summed E-state index contributed by atoms with van der Waals surface area (Å²) >= 11 is 0. The van der Waals surface area contributed by atoms with Crippen LogP contribution >= 0.6 is 0 Å². The fraction of sp³-hybridized carbons (Fsp3) is 0.909. The fourth-order valence-electron chi connectivity index (χ4n) is 2.30. The molecule has 0 heterocycles. The van der Waals surface area contributed by atoms with E-state index in [1.807, 2.05) is 0 Å². The first-order valence-electron chi connectivity index (χ1n) is 5.10. The highest BCUT2D eigenvalue weighted by Crippen LogP contribution is 2.41. The van der Waals surface area contributed by atoms with Crippen molar-refractivity contribution < 1.29 is 0 Å². The van der Waals surface area contributed by atoms with E-state index in [4.69, 9.17) is 5.26 Å². The summed E-state index contributed by atoms with van der Waals surface area (Å²) in [6.07, 6.45) is 7.41. The van der Waals surface area contributed by atoms with Crippen LogP contribution in [0.15, 0.2) is 0 Å². The highest BCUT2D eigenvalue weighted by atomic mass is 14.4. The number of hydrogen-bond donors (Lipinski definition) is 0. The first-order chi connectivity index (χ1) is 5.70. The highest BCUT2D eigenvalue weighted by Gasteiger charge is 2.29. The quantitative estimate of drug-likeness (QED) is 0.614. The first-order valence-corrected chi connectivity index (χ1v) is 5.10. The summed E-state index contributed by atoms with van der Waals surface area (Å²) < 4.78 is 0. The van der Waals surface area contributed by atoms with Crippen LogP contribution in [0.4, 0.5) is 0 Å². The summed E-state index contributed by atoms with van der Waals surface area (Å²) in [5.74, 6) is 0.356. The van der Waals surface area contributed by atoms with Gasteiger partial charge in [0.15, 0.2) is 0 Å². The van der Waals surface area contributed by atoms with Gasteiger partial charge in [-0.05, 0) is 37.5 Å². The van der Waals surface area contributed by atoms with Crippen LogP contribution in [0.3, 0.4) is 0 Å². The number of nitrogens with zero attached hydrogens (tertiary/aromatic N) is 1. The van der Waals surface area contributed by atoms with Crippen molar-refractivity contribution in [1.82, 2.24) is 0 Å². The van der Waals surface area contributed by atoms with Crippen molar-refractivity contribution in [3.05, 3.63) is 0 Å². The molecule has 0 spiro atoms. The normalized spacial score (nSPS) is 35.9. The molecule has 1 aliphatic rings. The van der Waals surface area contributed by atoms with Gasteiger partial charge in [-0.2, -0.15) is 5.26 Å². The SMILES string of the molecule is CCCC1(C)CCC(C#N)CC1. The molecule has 0 bridgehead atoms. The van der Waals surface area contributed by atoms with Crippen molar-refractivity contribution in [2.24, 2.45) is 11.3 Å². The van der Waals surface area contributed by atoms with E-state index in [1.54, 1.807) is 0 Å². The lowest BCUT2D eigenvalue weighted by Crippen LogP contribution is -2.23. The van der Waals surface area contributed by atoms with Crippen molar-refractivity contribution in [2.45, 2.75) is 52.4 Å². The lowest BCUT2D eigenvalue weighted by Gasteiger charge is -2.35. The molecule has 0 saturated heterocycles. The molecule has 0 unspecified atom stereocenters. The molecule has 0 aromatic heterocycles. The average molecular weight is 165 g/mol. The monoisotopic (exact) mass is 165 g/mol. The predicted molar refractivity (Wildman–Crippen MR) is 50.6 cm³/mol. The lowest BCUT2D eigenvalue weighted by atomic mass is 9.70. The summed E-state index contributed by atoms with van der Waals surface area (Å²) in [7, 11) is 0. The van der Waals surface area contributed by atoms with Gasteiger partial charge in [0.2, 0.25) is 0 Å². The molecule has 0 aliphatic heterocycles. The molecule has 0 amide bonds. The van der Waals surface area contributed by atoms with Crippen LogP contribution < -0.4 is 0 Å². The standard InChI is InChI=1S/C11H19N/c1-3-6-11(2)7-4-10(9-12)5-8-11/h10H,3-8H2,1-2H3. The van der Waals surface area contributed by atoms with Crippen molar-refractivity contribution in [3.63, 3.8) is 0 Å². The topological polar surface area (TPSA) is 23.8 Å². The smallest absolute Gasteiger partial charge is 0.0655 e. The maximum absolute atomic E-state index is 8.74. The Morgan fingerprint density at radius 1 is 1.42 bits per heavy atom. The van der Waals surface area contributed by atoms with Gasteiger partial charge in [0.1, 0.15) is 0 Å². The molecular formula is C11H19N. The molecule has 68 valence electrons. The molecule has 0 radical (unpaired) electrons. The molecule has 1 rings (SSSR count). The van der Waals surface area contributed by atoms with Crippen molar-refractivity contribution in [1.29, 1.82) is 5.26 Å². The maximum atomic E-state index is 8.74. The van der Waals surface area contributed by atoms with Crippen LogP contribution in [0.1, 0.15) is 52.4 Å². The molecule has 0 aromatic carbocycles. The molecule has 1 heteroatoms. The number of rotatable bonds is 2. The predicted octanol–water partition coefficient (Wildman–Crippen LogP) is 3.51. The average Bonchev–Trinajstić information content (AvgIpc) is 2.06. The molecule has 1 aliphatic carbocycles. The molecule has 1 fully saturated rings. The van der Waals surface area contributed by atoms with Crippen LogP contribution in [-0.2, 0) is 0 Å². The van der Waals surface area contributed by atoms with E-state index in [9.17, 15) is 0 Å². The highest BCUT2D eigenvalue weighted by molar-refractivity contribution is 4.90. The van der Waals surface area contributed by atoms with E-state index in [2.05, 4.69) is 19.9 Å². The summed E-state index contributed by atoms with van der Waals surface area (Å²) in [4.78, 5) is 0. The van der Waals surface area contributed by atoms with Gasteiger partial charge in [-0.25, -0.2) is 0 Å². The zero-order chi connectivity index (χ0) is 9.03. The van der Waals surface area contributed by atoms with E-state index >= 15 is 0 Å². The Labute approximate surface area is 75.8 Å². The van der Waals surface area contributed by atoms with Crippen molar-refractivity contribution >= 4 is 0 Å². The van der Waals surface area contributed by atoms with E-state index < -0.39 is 0 Å². The summed E-state index contributed by atoms with van der Waals surface area (Å²) in [5, 5.41) is 8.74. The number of nitriles is 1. The Kier molecular flexibility index (Phi) is 3.14. The van der Waals surface area contributed by atoms with Crippen LogP contribution in [0.2, 0.25) is 0 Å². The van der Waals surface area contributed by atoms with Crippen molar-refractivity contribution in [3.8, 4) is 6.07 Å². The van der Waals surface area contributed by atoms with E-state index in [0.717, 1.165) is 12.8 Å². The van der Waals surface area contributed by atoms with Gasteiger partial charge in [-0.15, -0.1) is 0 Å². The second-order valence-electron chi connectivity index (χ2n) is 4.46. The minimum absolute atomic E-state index is 0.356. The van der Waals surface area contributed by atoms with Crippen LogP contribution in [0, 0.1) is 22.7 Å². The maximum Gasteiger partial charge on any atom is 0.0655 e. The second kappa shape index (κ2) is 3.94. The third-order valence-electron chi connectivity index (χ3n) is 3.23. The Bertz CT molecular complexity index is 170. The van der Waals surface area contributed by atoms with Crippen LogP contribution in [-0.4, -0.2) is 0 Å². The molecule has 0 atom stereocenters. The van der Waals surface area contributed by atoms with Gasteiger partial charge in [-0.1, -0.05) is 20.3 Å². The minimum Gasteiger partial charge on any atom is -0.198 e. The molecular weight excluding hydrogens is 146 g/mol. The minimum atomic E-state index is 0.356. The van der Waals surface area contributed by atoms with E-state index in [-0.39, 0.29) is 0 Å². The molecule has 12 heavy (non-hydrogen) atoms. The van der Waals surface area contributed by atoms with E-state index in [1.165, 1.54) is 25.7 Å². The number of hydrogen-bond acceptors (Lipinski definition) is 1. The molecule has 0 aromatic rings. The Morgan fingerprint density at radius 2 is 2.00 bits per heavy atom. The first kappa shape index (κ1) is 9.58. The summed E-state index contributed by atoms with van der Waals surface area (Å²) in [6, 6.07) is 2.38. The largest absolute Gasteiger partial charge is 0.198 e. The van der Waals surface area contributed by atoms with Gasteiger partial charge >= 0.3 is 0 Å². The van der Waals surface area contributed by atoms with Gasteiger partial charge in [0, 0.05) is 5.92 Å². The van der Waals surface area contributed by atoms with Gasteiger partial charge in [0.25, 0.3) is 0 Å². The third-order valence-corrected chi connectivity index (χ3v) is 3.23. The summed E-state index contributed by atoms with van der Waals surface area (Å²) in [5.41, 5.74) is 0.558. The second-order valence-corrected chi connectivity index (χ2v) is 4.46. The van der Waals surface area contributed by atoms with Gasteiger partial charge in [-0.3, -0.25) is 0 Å². The Morgan fingerprint density at radius 3 is 2.42 bits per heavy atom. The van der Waals surface area contributed by atoms with Crippen LogP contribution in [0.25, 0.3) is 0 Å². The lowest BCUT2D eigenvalue weighted by molar-refractivity contribution is 0.175. The fourth-order valence-corrected chi connectivity index (χ4v) is 2.30. The summed E-state index contributed by atoms with van der Waals surface area (Å²) in [6.45, 7) is 4.63. The Hall–Kier alpha value is -0.510. The molecule has 0 N–H and O–H groups in total. The van der Waals surface area contributed by atoms with Crippen LogP contribution in [0.5, 0.6) is 0 Å². The molecule has 1 saturated carbocycles. The van der Waals surface area contributed by atoms with Gasteiger partial charge < -0.3 is 0 Å². The van der Waals surface area contributed by atoms with E-state index in [0.29, 0.717) is 11.3 Å². The third kappa shape index (κ3) is 2.24. The van der Waals surface area contributed by atoms with Crippen molar-refractivity contribution in [2.75, 3.05) is 0 Å². The molecule has 1 nitrogen and oxygen atoms in total. The Balaban J connectivity index is 2.39. The zero-order valence-electron chi connectivity index (χ0n) is 8.27. The van der Waals surface area contributed by atoms with Gasteiger partial charge in [0.05, 0.1) is 6.07 Å².